The zero-order chi connectivity index (χ0) is 98.9. The van der Waals surface area contributed by atoms with E-state index in [1.807, 2.05) is 47.6 Å². The summed E-state index contributed by atoms with van der Waals surface area (Å²) in [7, 11) is 0. The normalized spacial score (nSPS) is 16.6. The zero-order valence-corrected chi connectivity index (χ0v) is 92.0. The van der Waals surface area contributed by atoms with Crippen LogP contribution in [0.2, 0.25) is 0 Å². The van der Waals surface area contributed by atoms with Crippen molar-refractivity contribution in [2.45, 2.75) is 243 Å². The molecule has 6 unspecified atom stereocenters. The Kier molecular flexibility index (Phi) is 33.6. The number of benzene rings is 3. The highest BCUT2D eigenvalue weighted by molar-refractivity contribution is 7.25. The molecule has 12 aromatic rings. The van der Waals surface area contributed by atoms with Crippen molar-refractivity contribution in [3.8, 4) is 60.6 Å². The lowest BCUT2D eigenvalue weighted by atomic mass is 9.84. The van der Waals surface area contributed by atoms with Gasteiger partial charge in [0.1, 0.15) is 0 Å². The van der Waals surface area contributed by atoms with Gasteiger partial charge in [0.2, 0.25) is 0 Å². The highest BCUT2D eigenvalue weighted by atomic mass is 32.1. The number of carbonyl (C=O) groups excluding carboxylic acids is 6. The second-order valence-electron chi connectivity index (χ2n) is 39.5. The van der Waals surface area contributed by atoms with E-state index in [4.69, 9.17) is 0 Å². The largest absolute Gasteiger partial charge is 0.306 e. The monoisotopic (exact) mass is 2060 g/mol. The molecule has 142 heavy (non-hydrogen) atoms. The van der Waals surface area contributed by atoms with Gasteiger partial charge >= 0.3 is 0 Å². The molecule has 0 fully saturated rings. The first-order chi connectivity index (χ1) is 69.4. The molecule has 3 aromatic carbocycles. The summed E-state index contributed by atoms with van der Waals surface area (Å²) in [6.45, 7) is 30.3. The highest BCUT2D eigenvalue weighted by Crippen LogP contribution is 2.57. The Morgan fingerprint density at radius 1 is 0.204 bits per heavy atom. The molecule has 6 aliphatic heterocycles. The number of carbonyl (C=O) groups is 6. The minimum absolute atomic E-state index is 0.0530. The molecule has 12 nitrogen and oxygen atoms in total. The van der Waals surface area contributed by atoms with Crippen LogP contribution in [-0.2, 0) is 28.8 Å². The van der Waals surface area contributed by atoms with E-state index >= 15 is 28.8 Å². The third-order valence-electron chi connectivity index (χ3n) is 30.4. The van der Waals surface area contributed by atoms with E-state index in [0.717, 1.165) is 295 Å². The zero-order valence-electron chi connectivity index (χ0n) is 84.6. The first-order valence-corrected chi connectivity index (χ1v) is 60.4. The van der Waals surface area contributed by atoms with Crippen LogP contribution >= 0.6 is 102 Å². The molecule has 0 radical (unpaired) electrons. The smallest absolute Gasteiger partial charge is 0.261 e. The average molecular weight is 2060 g/mol. The second kappa shape index (κ2) is 46.7. The van der Waals surface area contributed by atoms with Crippen LogP contribution in [-0.4, -0.2) is 104 Å². The van der Waals surface area contributed by atoms with Crippen molar-refractivity contribution >= 4 is 172 Å². The summed E-state index contributed by atoms with van der Waals surface area (Å²) in [6, 6.07) is 66.3. The molecule has 18 rings (SSSR count). The van der Waals surface area contributed by atoms with Crippen molar-refractivity contribution in [2.24, 2.45) is 35.5 Å². The first-order valence-electron chi connectivity index (χ1n) is 52.8. The van der Waals surface area contributed by atoms with Crippen LogP contribution < -0.4 is 0 Å². The van der Waals surface area contributed by atoms with Gasteiger partial charge in [-0.3, -0.25) is 28.8 Å². The Morgan fingerprint density at radius 2 is 0.380 bits per heavy atom. The Labute approximate surface area is 878 Å². The average Bonchev–Trinajstić information content (AvgIpc) is 1.56. The molecular formula is C121H136N6O6S9. The summed E-state index contributed by atoms with van der Waals surface area (Å²) in [4.78, 5) is 121. The third-order valence-corrected chi connectivity index (χ3v) is 40.3. The van der Waals surface area contributed by atoms with Crippen LogP contribution in [0.25, 0.3) is 94.8 Å². The van der Waals surface area contributed by atoms with Gasteiger partial charge in [-0.05, 0) is 215 Å². The molecule has 6 amide bonds. The maximum Gasteiger partial charge on any atom is 0.261 e. The molecule has 0 bridgehead atoms. The summed E-state index contributed by atoms with van der Waals surface area (Å²) in [5, 5.41) is 6.17. The lowest BCUT2D eigenvalue weighted by Crippen LogP contribution is -2.34. The van der Waals surface area contributed by atoms with Gasteiger partial charge in [0, 0.05) is 89.1 Å². The molecule has 6 aliphatic rings. The second-order valence-corrected chi connectivity index (χ2v) is 48.9. The fraction of sp³-hybridized carbons (Fsp3) is 0.405. The van der Waals surface area contributed by atoms with Crippen LogP contribution in [0.15, 0.2) is 232 Å². The minimum atomic E-state index is -0.142. The van der Waals surface area contributed by atoms with E-state index in [0.29, 0.717) is 108 Å². The molecule has 6 atom stereocenters. The lowest BCUT2D eigenvalue weighted by Gasteiger charge is -2.29. The molecule has 0 saturated carbocycles. The minimum Gasteiger partial charge on any atom is -0.306 e. The maximum absolute atomic E-state index is 15.5. The first kappa shape index (κ1) is 102. The molecule has 0 spiro atoms. The Hall–Kier alpha value is -9.78. The van der Waals surface area contributed by atoms with E-state index in [9.17, 15) is 0 Å². The molecule has 0 aliphatic carbocycles. The molecular weight excluding hydrogens is 1920 g/mol. The summed E-state index contributed by atoms with van der Waals surface area (Å²) in [6.07, 6.45) is 25.0. The van der Waals surface area contributed by atoms with Crippen LogP contribution in [0.3, 0.4) is 0 Å². The number of hydrogen-bond acceptors (Lipinski definition) is 15. The van der Waals surface area contributed by atoms with Gasteiger partial charge in [0.05, 0.1) is 96.9 Å². The highest BCUT2D eigenvalue weighted by Gasteiger charge is 2.54. The van der Waals surface area contributed by atoms with Gasteiger partial charge in [-0.1, -0.05) is 290 Å². The number of amides is 6. The van der Waals surface area contributed by atoms with E-state index in [1.54, 1.807) is 102 Å². The van der Waals surface area contributed by atoms with Gasteiger partial charge in [-0.15, -0.1) is 102 Å². The van der Waals surface area contributed by atoms with Crippen molar-refractivity contribution in [1.82, 2.24) is 29.4 Å². The van der Waals surface area contributed by atoms with Gasteiger partial charge in [-0.2, -0.15) is 0 Å². The number of nitrogens with zero attached hydrogens (tertiary/aromatic N) is 6. The Morgan fingerprint density at radius 3 is 0.556 bits per heavy atom. The van der Waals surface area contributed by atoms with Crippen LogP contribution in [0, 0.1) is 35.5 Å². The predicted octanol–water partition coefficient (Wildman–Crippen LogP) is 34.1. The standard InChI is InChI=1S/C121H136N6O6S9/c1-13-25-34-76(19-7)70-122-110(97-40-31-67-134-97)104-107(119(122)131)113(125(116(104)128)73-79(22-10)37-28-16-4)100-64-61-94(140-100)91-58-55-88(137-91)82-43-49-85(50-44-82)103(86-51-45-83(46-52-86)89-56-59-92(138-89)95-62-65-101(141-95)114-108-105(117(129)126(114)74-80(23-11)38-29-17-5)111(98-41-32-68-135-98)123(120(108)132)71-77(20-8)35-26-14-2)87-53-47-84(48-54-87)90-57-60-93(139-90)96-63-66-102(142-96)115-109-106(118(130)127(115)75-81(24-12)39-30-18-6)112(99-42-33-69-136-99)124(121(109)133)72-78(21-9)36-27-15-3/h31-33,40-69,76-81,103H,13-30,34-39,70-75H2,1-12H3. The Bertz CT molecular complexity index is 6050. The topological polar surface area (TPSA) is 122 Å². The van der Waals surface area contributed by atoms with E-state index in [1.165, 1.54) is 0 Å². The molecule has 0 saturated heterocycles. The van der Waals surface area contributed by atoms with Crippen LogP contribution in [0.5, 0.6) is 0 Å². The number of unbranched alkanes of at least 4 members (excludes halogenated alkanes) is 6. The molecule has 15 heterocycles. The van der Waals surface area contributed by atoms with Crippen molar-refractivity contribution in [3.63, 3.8) is 0 Å². The summed E-state index contributed by atoms with van der Waals surface area (Å²) < 4.78 is 0. The van der Waals surface area contributed by atoms with Gasteiger partial charge in [0.15, 0.2) is 0 Å². The maximum atomic E-state index is 15.5. The molecule has 0 N–H and O–H groups in total. The predicted molar refractivity (Wildman–Crippen MR) is 605 cm³/mol. The van der Waals surface area contributed by atoms with E-state index in [-0.39, 0.29) is 41.4 Å². The van der Waals surface area contributed by atoms with Crippen LogP contribution in [0.4, 0.5) is 0 Å². The fourth-order valence-corrected chi connectivity index (χ4v) is 30.7. The van der Waals surface area contributed by atoms with Gasteiger partial charge in [0.25, 0.3) is 35.4 Å². The Balaban J connectivity index is 0.666. The van der Waals surface area contributed by atoms with Crippen molar-refractivity contribution in [3.05, 3.63) is 278 Å². The quantitative estimate of drug-likeness (QED) is 0.0350. The van der Waals surface area contributed by atoms with Crippen molar-refractivity contribution in [1.29, 1.82) is 0 Å². The SMILES string of the molecule is CCCCC(CC)CN1C(=O)C2=C(c3ccc(-c4ccc(-c5ccc(C(c6ccc(-c7ccc(-c8ccc(C9=C%10C(=O)N(CC(CC)CCCC)C(c%11cccs%11)=C%10C(=O)N9CC(CC)CCCC)s8)s7)cc6)c6ccc(-c7ccc(-c8ccc(C9=C%10C(=O)N(CC(CC)CCCC)C(c%11cccs%11)=C%10C(=O)N9CC(CC)CCCC)s8)s7)cc6)cc5)s4)s3)N(CC(CC)CCCC)C(=O)C2=C1c1cccs1. The number of fused-ring (bicyclic) bond motifs is 3. The molecule has 740 valence electrons. The van der Waals surface area contributed by atoms with Gasteiger partial charge < -0.3 is 29.4 Å². The molecule has 9 aromatic heterocycles. The summed E-state index contributed by atoms with van der Waals surface area (Å²) in [5.74, 6) is 1.38. The number of thiophene rings is 9. The van der Waals surface area contributed by atoms with E-state index < -0.39 is 0 Å². The number of hydrogen-bond donors (Lipinski definition) is 0. The van der Waals surface area contributed by atoms with Gasteiger partial charge in [-0.25, -0.2) is 0 Å². The van der Waals surface area contributed by atoms with Crippen LogP contribution in [0.1, 0.15) is 289 Å². The molecule has 21 heteroatoms. The van der Waals surface area contributed by atoms with E-state index in [2.05, 4.69) is 263 Å². The third kappa shape index (κ3) is 20.8. The lowest BCUT2D eigenvalue weighted by molar-refractivity contribution is -0.124. The fourth-order valence-electron chi connectivity index (χ4n) is 21.8. The number of rotatable bonds is 51. The summed E-state index contributed by atoms with van der Waals surface area (Å²) in [5.41, 5.74) is 14.9. The van der Waals surface area contributed by atoms with Crippen molar-refractivity contribution in [2.75, 3.05) is 39.3 Å². The summed E-state index contributed by atoms with van der Waals surface area (Å²) >= 11 is 15.2. The van der Waals surface area contributed by atoms with Crippen molar-refractivity contribution < 1.29 is 28.8 Å².